The smallest absolute Gasteiger partial charge is 0.407 e. The molecule has 0 saturated carbocycles. The van der Waals surface area contributed by atoms with Crippen LogP contribution in [0.3, 0.4) is 0 Å². The zero-order valence-corrected chi connectivity index (χ0v) is 20.6. The third-order valence-corrected chi connectivity index (χ3v) is 6.52. The molecule has 1 atom stereocenters. The van der Waals surface area contributed by atoms with Crippen LogP contribution < -0.4 is 25.0 Å². The molecule has 0 bridgehead atoms. The summed E-state index contributed by atoms with van der Waals surface area (Å²) in [6, 6.07) is 6.87. The average molecular weight is 474 g/mol. The maximum absolute atomic E-state index is 12.9. The van der Waals surface area contributed by atoms with Gasteiger partial charge in [-0.25, -0.2) is 4.79 Å². The second-order valence-electron chi connectivity index (χ2n) is 7.68. The Kier molecular flexibility index (Phi) is 8.49. The van der Waals surface area contributed by atoms with Crippen LogP contribution in [-0.2, 0) is 11.2 Å². The van der Waals surface area contributed by atoms with E-state index < -0.39 is 12.1 Å². The van der Waals surface area contributed by atoms with Gasteiger partial charge in [0.25, 0.3) is 0 Å². The van der Waals surface area contributed by atoms with Gasteiger partial charge in [0.2, 0.25) is 5.75 Å². The summed E-state index contributed by atoms with van der Waals surface area (Å²) in [6.07, 6.45) is 4.33. The van der Waals surface area contributed by atoms with Crippen molar-refractivity contribution in [3.63, 3.8) is 0 Å². The first kappa shape index (κ1) is 24.8. The highest BCUT2D eigenvalue weighted by atomic mass is 32.2. The van der Waals surface area contributed by atoms with Crippen LogP contribution in [0.15, 0.2) is 34.0 Å². The maximum atomic E-state index is 12.9. The number of alkyl carbamates (subject to hydrolysis) is 1. The number of thioether (sulfide) groups is 1. The Hall–Kier alpha value is -2.87. The van der Waals surface area contributed by atoms with Crippen LogP contribution in [0.25, 0.3) is 11.1 Å². The van der Waals surface area contributed by atoms with Gasteiger partial charge in [-0.05, 0) is 60.4 Å². The monoisotopic (exact) mass is 473 g/mol. The summed E-state index contributed by atoms with van der Waals surface area (Å²) >= 11 is 1.39. The summed E-state index contributed by atoms with van der Waals surface area (Å²) in [5.74, 6) is 1.58. The molecule has 0 saturated heterocycles. The number of carbonyl (C=O) groups is 1. The number of hydrogen-bond donors (Lipinski definition) is 1. The zero-order chi connectivity index (χ0) is 24.0. The number of ether oxygens (including phenoxy) is 4. The first-order valence-corrected chi connectivity index (χ1v) is 12.2. The Balaban J connectivity index is 2.22. The highest BCUT2D eigenvalue weighted by Gasteiger charge is 2.30. The first-order valence-electron chi connectivity index (χ1n) is 11.0. The molecule has 1 N–H and O–H groups in total. The molecule has 7 nitrogen and oxygen atoms in total. The Labute approximate surface area is 198 Å². The molecule has 0 spiro atoms. The van der Waals surface area contributed by atoms with E-state index in [2.05, 4.69) is 5.32 Å². The van der Waals surface area contributed by atoms with Gasteiger partial charge in [0.05, 0.1) is 38.9 Å². The van der Waals surface area contributed by atoms with Crippen LogP contribution in [0.1, 0.15) is 43.4 Å². The third kappa shape index (κ3) is 5.21. The Morgan fingerprint density at radius 2 is 1.88 bits per heavy atom. The van der Waals surface area contributed by atoms with Crippen LogP contribution in [0.4, 0.5) is 4.79 Å². The van der Waals surface area contributed by atoms with Crippen molar-refractivity contribution < 1.29 is 23.7 Å². The molecule has 1 aliphatic carbocycles. The fraction of sp³-hybridized carbons (Fsp3) is 0.440. The van der Waals surface area contributed by atoms with Crippen molar-refractivity contribution in [3.05, 3.63) is 45.6 Å². The van der Waals surface area contributed by atoms with E-state index in [0.29, 0.717) is 41.6 Å². The van der Waals surface area contributed by atoms with Gasteiger partial charge >= 0.3 is 6.09 Å². The minimum atomic E-state index is -0.489. The minimum absolute atomic E-state index is 0.0993. The molecule has 8 heteroatoms. The lowest BCUT2D eigenvalue weighted by atomic mass is 9.95. The molecule has 0 unspecified atom stereocenters. The van der Waals surface area contributed by atoms with Crippen molar-refractivity contribution in [2.75, 3.05) is 34.2 Å². The number of benzene rings is 1. The fourth-order valence-electron chi connectivity index (χ4n) is 4.11. The quantitative estimate of drug-likeness (QED) is 0.428. The van der Waals surface area contributed by atoms with Gasteiger partial charge in [-0.15, -0.1) is 11.8 Å². The molecule has 0 aromatic heterocycles. The van der Waals surface area contributed by atoms with Crippen molar-refractivity contribution in [1.29, 1.82) is 0 Å². The number of fused-ring (bicyclic) bond motifs is 3. The van der Waals surface area contributed by atoms with E-state index in [-0.39, 0.29) is 5.43 Å². The first-order chi connectivity index (χ1) is 16.0. The molecule has 0 aliphatic heterocycles. The Bertz CT molecular complexity index is 1070. The van der Waals surface area contributed by atoms with Gasteiger partial charge in [-0.2, -0.15) is 0 Å². The van der Waals surface area contributed by atoms with E-state index in [0.717, 1.165) is 35.1 Å². The topological polar surface area (TPSA) is 83.1 Å². The molecule has 178 valence electrons. The van der Waals surface area contributed by atoms with Gasteiger partial charge < -0.3 is 24.3 Å². The molecule has 0 fully saturated rings. The summed E-state index contributed by atoms with van der Waals surface area (Å²) in [4.78, 5) is 26.1. The minimum Gasteiger partial charge on any atom is -0.493 e. The average Bonchev–Trinajstić information content (AvgIpc) is 3.06. The van der Waals surface area contributed by atoms with Gasteiger partial charge in [0.15, 0.2) is 16.9 Å². The molecule has 33 heavy (non-hydrogen) atoms. The number of carbonyl (C=O) groups excluding carboxylic acids is 1. The van der Waals surface area contributed by atoms with E-state index in [4.69, 9.17) is 18.9 Å². The fourth-order valence-corrected chi connectivity index (χ4v) is 4.57. The van der Waals surface area contributed by atoms with Crippen LogP contribution in [0, 0.1) is 0 Å². The van der Waals surface area contributed by atoms with Crippen LogP contribution in [0.2, 0.25) is 0 Å². The van der Waals surface area contributed by atoms with Gasteiger partial charge in [0.1, 0.15) is 0 Å². The second kappa shape index (κ2) is 11.3. The molecule has 3 rings (SSSR count). The van der Waals surface area contributed by atoms with Gasteiger partial charge in [-0.1, -0.05) is 19.4 Å². The van der Waals surface area contributed by atoms with Crippen molar-refractivity contribution in [1.82, 2.24) is 5.32 Å². The Morgan fingerprint density at radius 1 is 1.12 bits per heavy atom. The molecule has 1 amide bonds. The normalized spacial score (nSPS) is 14.4. The third-order valence-electron chi connectivity index (χ3n) is 5.74. The summed E-state index contributed by atoms with van der Waals surface area (Å²) in [5, 5.41) is 2.97. The molecule has 0 radical (unpaired) electrons. The summed E-state index contributed by atoms with van der Waals surface area (Å²) in [6.45, 7) is 2.39. The van der Waals surface area contributed by atoms with Crippen LogP contribution in [0.5, 0.6) is 17.2 Å². The molecular weight excluding hydrogens is 442 g/mol. The van der Waals surface area contributed by atoms with E-state index >= 15 is 0 Å². The van der Waals surface area contributed by atoms with E-state index in [1.807, 2.05) is 31.4 Å². The summed E-state index contributed by atoms with van der Waals surface area (Å²) < 4.78 is 22.3. The van der Waals surface area contributed by atoms with Crippen LogP contribution >= 0.6 is 11.8 Å². The highest BCUT2D eigenvalue weighted by molar-refractivity contribution is 7.98. The largest absolute Gasteiger partial charge is 0.493 e. The van der Waals surface area contributed by atoms with Crippen molar-refractivity contribution >= 4 is 17.9 Å². The number of nitrogens with one attached hydrogen (secondary N) is 1. The maximum Gasteiger partial charge on any atom is 0.407 e. The zero-order valence-electron chi connectivity index (χ0n) is 19.8. The molecule has 2 aromatic rings. The number of amides is 1. The molecule has 2 aromatic carbocycles. The predicted octanol–water partition coefficient (Wildman–Crippen LogP) is 4.98. The van der Waals surface area contributed by atoms with E-state index in [9.17, 15) is 9.59 Å². The number of hydrogen-bond acceptors (Lipinski definition) is 7. The number of rotatable bonds is 8. The molecule has 0 heterocycles. The van der Waals surface area contributed by atoms with Crippen LogP contribution in [-0.4, -0.2) is 40.3 Å². The predicted molar refractivity (Wildman–Crippen MR) is 130 cm³/mol. The molecular formula is C25H31NO6S. The number of aryl methyl sites for hydroxylation is 1. The molecule has 1 aliphatic rings. The van der Waals surface area contributed by atoms with Crippen molar-refractivity contribution in [3.8, 4) is 28.4 Å². The SMILES string of the molecule is CCCCOC(=O)N[C@@H]1CCc2cc(OC)c(OC)c(OC)c2-c2ccc(SC)c(=O)cc21. The number of methoxy groups -OCH3 is 3. The van der Waals surface area contributed by atoms with Gasteiger partial charge in [-0.3, -0.25) is 4.79 Å². The number of unbranched alkanes of at least 4 members (excludes halogenated alkanes) is 1. The van der Waals surface area contributed by atoms with Gasteiger partial charge in [0, 0.05) is 5.56 Å². The Morgan fingerprint density at radius 3 is 2.52 bits per heavy atom. The van der Waals surface area contributed by atoms with E-state index in [1.165, 1.54) is 11.8 Å². The summed E-state index contributed by atoms with van der Waals surface area (Å²) in [5.41, 5.74) is 3.24. The standard InChI is InChI=1S/C25H31NO6S/c1-6-7-12-32-25(28)26-18-10-8-15-13-20(29-2)23(30-3)24(31-4)22(15)16-9-11-21(33-5)19(27)14-17(16)18/h9,11,13-14,18H,6-8,10,12H2,1-5H3,(H,26,28)/t18-/m1/s1. The summed E-state index contributed by atoms with van der Waals surface area (Å²) in [7, 11) is 4.73. The lowest BCUT2D eigenvalue weighted by molar-refractivity contribution is 0.140. The van der Waals surface area contributed by atoms with Crippen molar-refractivity contribution in [2.45, 2.75) is 43.5 Å². The van der Waals surface area contributed by atoms with E-state index in [1.54, 1.807) is 27.4 Å². The lowest BCUT2D eigenvalue weighted by Crippen LogP contribution is -2.30. The second-order valence-corrected chi connectivity index (χ2v) is 8.53. The van der Waals surface area contributed by atoms with Crippen molar-refractivity contribution in [2.24, 2.45) is 0 Å². The lowest BCUT2D eigenvalue weighted by Gasteiger charge is -2.20. The highest BCUT2D eigenvalue weighted by Crippen LogP contribution is 2.50.